The summed E-state index contributed by atoms with van der Waals surface area (Å²) < 4.78 is 0. The molecule has 0 fully saturated rings. The van der Waals surface area contributed by atoms with Gasteiger partial charge in [-0.1, -0.05) is 50.9 Å². The summed E-state index contributed by atoms with van der Waals surface area (Å²) in [6.45, 7) is 8.00. The molecule has 7 nitrogen and oxygen atoms in total. The number of carbonyl (C=O) groups excluding carboxylic acids is 2. The van der Waals surface area contributed by atoms with Crippen LogP contribution in [-0.4, -0.2) is 26.9 Å². The Labute approximate surface area is 156 Å². The summed E-state index contributed by atoms with van der Waals surface area (Å²) in [6, 6.07) is 5.45. The van der Waals surface area contributed by atoms with E-state index in [0.29, 0.717) is 0 Å². The van der Waals surface area contributed by atoms with Gasteiger partial charge in [-0.05, 0) is 24.3 Å². The smallest absolute Gasteiger partial charge is 0.271 e. The van der Waals surface area contributed by atoms with E-state index in [0.717, 1.165) is 0 Å². The fourth-order valence-corrected chi connectivity index (χ4v) is 1.70. The molecule has 0 aliphatic rings. The molecule has 1 aromatic carbocycles. The summed E-state index contributed by atoms with van der Waals surface area (Å²) in [6.07, 6.45) is 0. The number of amides is 2. The third-order valence-corrected chi connectivity index (χ3v) is 3.03. The Kier molecular flexibility index (Phi) is 10.2. The average molecular weight is 387 g/mol. The van der Waals surface area contributed by atoms with Crippen LogP contribution >= 0.6 is 23.2 Å². The van der Waals surface area contributed by atoms with E-state index >= 15 is 0 Å². The largest absolute Gasteiger partial charge is 0.508 e. The van der Waals surface area contributed by atoms with Crippen molar-refractivity contribution in [2.24, 2.45) is 5.73 Å². The van der Waals surface area contributed by atoms with Crippen LogP contribution in [0.15, 0.2) is 24.3 Å². The summed E-state index contributed by atoms with van der Waals surface area (Å²) in [5.74, 6) is -1.68. The van der Waals surface area contributed by atoms with Crippen molar-refractivity contribution in [3.05, 3.63) is 45.8 Å². The lowest BCUT2D eigenvalue weighted by Gasteiger charge is -2.08. The number of benzene rings is 1. The summed E-state index contributed by atoms with van der Waals surface area (Å²) in [7, 11) is 0. The van der Waals surface area contributed by atoms with E-state index < -0.39 is 11.8 Å². The molecule has 0 spiro atoms. The number of halogens is 2. The first-order chi connectivity index (χ1) is 11.9. The van der Waals surface area contributed by atoms with Gasteiger partial charge in [-0.25, -0.2) is 9.97 Å². The maximum Gasteiger partial charge on any atom is 0.271 e. The SMILES string of the molecule is CC.CC.NC(=O)c1nc(Cl)c(Cl)nc1NC(=O)c1ccc(O)cc1. The summed E-state index contributed by atoms with van der Waals surface area (Å²) in [5, 5.41) is 11.1. The lowest BCUT2D eigenvalue weighted by molar-refractivity contribution is 0.0996. The number of nitrogens with two attached hydrogens (primary N) is 1. The molecule has 2 rings (SSSR count). The molecule has 0 aliphatic carbocycles. The van der Waals surface area contributed by atoms with E-state index in [1.54, 1.807) is 0 Å². The van der Waals surface area contributed by atoms with Crippen molar-refractivity contribution in [1.82, 2.24) is 9.97 Å². The van der Waals surface area contributed by atoms with Crippen LogP contribution in [-0.2, 0) is 0 Å². The highest BCUT2D eigenvalue weighted by molar-refractivity contribution is 6.40. The van der Waals surface area contributed by atoms with Gasteiger partial charge >= 0.3 is 0 Å². The molecule has 0 saturated carbocycles. The Morgan fingerprint density at radius 2 is 1.48 bits per heavy atom. The first-order valence-corrected chi connectivity index (χ1v) is 8.27. The molecule has 25 heavy (non-hydrogen) atoms. The van der Waals surface area contributed by atoms with Crippen molar-refractivity contribution in [1.29, 1.82) is 0 Å². The topological polar surface area (TPSA) is 118 Å². The van der Waals surface area contributed by atoms with E-state index in [1.807, 2.05) is 27.7 Å². The Morgan fingerprint density at radius 3 is 1.96 bits per heavy atom. The second-order valence-corrected chi connectivity index (χ2v) is 4.58. The van der Waals surface area contributed by atoms with Gasteiger partial charge in [0.1, 0.15) is 5.75 Å². The monoisotopic (exact) mass is 386 g/mol. The van der Waals surface area contributed by atoms with Gasteiger partial charge in [0, 0.05) is 5.56 Å². The first kappa shape index (κ1) is 22.6. The molecule has 0 radical (unpaired) electrons. The van der Waals surface area contributed by atoms with Gasteiger partial charge in [-0.15, -0.1) is 0 Å². The minimum absolute atomic E-state index is 0.0127. The summed E-state index contributed by atoms with van der Waals surface area (Å²) in [4.78, 5) is 30.7. The van der Waals surface area contributed by atoms with Crippen molar-refractivity contribution in [3.63, 3.8) is 0 Å². The van der Waals surface area contributed by atoms with Gasteiger partial charge in [0.05, 0.1) is 0 Å². The summed E-state index contributed by atoms with van der Waals surface area (Å²) >= 11 is 11.3. The average Bonchev–Trinajstić information content (AvgIpc) is 2.61. The van der Waals surface area contributed by atoms with Crippen LogP contribution in [0.4, 0.5) is 5.82 Å². The highest BCUT2D eigenvalue weighted by atomic mass is 35.5. The highest BCUT2D eigenvalue weighted by Crippen LogP contribution is 2.22. The van der Waals surface area contributed by atoms with Crippen LogP contribution in [0.3, 0.4) is 0 Å². The number of primary amides is 1. The van der Waals surface area contributed by atoms with Crippen LogP contribution in [0.2, 0.25) is 10.3 Å². The molecule has 9 heteroatoms. The molecular weight excluding hydrogens is 367 g/mol. The number of aromatic hydroxyl groups is 1. The normalized spacial score (nSPS) is 9.04. The molecule has 4 N–H and O–H groups in total. The lowest BCUT2D eigenvalue weighted by Crippen LogP contribution is -2.21. The number of nitrogens with one attached hydrogen (secondary N) is 1. The zero-order valence-electron chi connectivity index (χ0n) is 14.3. The summed E-state index contributed by atoms with van der Waals surface area (Å²) in [5.41, 5.74) is 5.06. The second kappa shape index (κ2) is 11.2. The minimum Gasteiger partial charge on any atom is -0.508 e. The molecule has 1 heterocycles. The fourth-order valence-electron chi connectivity index (χ4n) is 1.45. The number of phenolic OH excluding ortho intramolecular Hbond substituents is 1. The van der Waals surface area contributed by atoms with E-state index in [1.165, 1.54) is 24.3 Å². The van der Waals surface area contributed by atoms with Gasteiger partial charge in [-0.2, -0.15) is 0 Å². The molecule has 0 bridgehead atoms. The van der Waals surface area contributed by atoms with Crippen molar-refractivity contribution in [2.75, 3.05) is 5.32 Å². The molecule has 2 aromatic rings. The predicted molar refractivity (Wildman–Crippen MR) is 99.3 cm³/mol. The van der Waals surface area contributed by atoms with E-state index in [2.05, 4.69) is 15.3 Å². The van der Waals surface area contributed by atoms with E-state index in [9.17, 15) is 9.59 Å². The van der Waals surface area contributed by atoms with Crippen LogP contribution in [0.5, 0.6) is 5.75 Å². The predicted octanol–water partition coefficient (Wildman–Crippen LogP) is 3.89. The van der Waals surface area contributed by atoms with Gasteiger partial charge in [-0.3, -0.25) is 9.59 Å². The van der Waals surface area contributed by atoms with Gasteiger partial charge in [0.2, 0.25) is 0 Å². The van der Waals surface area contributed by atoms with Crippen LogP contribution in [0.25, 0.3) is 0 Å². The maximum atomic E-state index is 12.0. The minimum atomic E-state index is -0.915. The molecule has 0 aliphatic heterocycles. The zero-order valence-corrected chi connectivity index (χ0v) is 15.8. The van der Waals surface area contributed by atoms with Gasteiger partial charge in [0.25, 0.3) is 11.8 Å². The molecule has 136 valence electrons. The third kappa shape index (κ3) is 6.56. The van der Waals surface area contributed by atoms with Crippen LogP contribution in [0, 0.1) is 0 Å². The standard InChI is InChI=1S/C12H8Cl2N4O3.2C2H6/c13-8-9(14)17-11(7(16-8)10(15)20)18-12(21)5-1-3-6(19)4-2-5;2*1-2/h1-4,19H,(H2,15,20)(H,17,18,21);2*1-2H3. The number of phenols is 1. The third-order valence-electron chi connectivity index (χ3n) is 2.41. The highest BCUT2D eigenvalue weighted by Gasteiger charge is 2.18. The van der Waals surface area contributed by atoms with Gasteiger partial charge in [0.15, 0.2) is 21.8 Å². The van der Waals surface area contributed by atoms with Crippen molar-refractivity contribution < 1.29 is 14.7 Å². The van der Waals surface area contributed by atoms with Crippen molar-refractivity contribution >= 4 is 40.8 Å². The fraction of sp³-hybridized carbons (Fsp3) is 0.250. The Hall–Kier alpha value is -2.38. The molecule has 0 atom stereocenters. The number of aromatic nitrogens is 2. The Bertz CT molecular complexity index is 722. The maximum absolute atomic E-state index is 12.0. The van der Waals surface area contributed by atoms with Crippen LogP contribution < -0.4 is 11.1 Å². The van der Waals surface area contributed by atoms with Crippen molar-refractivity contribution in [3.8, 4) is 5.75 Å². The molecule has 1 aromatic heterocycles. The van der Waals surface area contributed by atoms with Gasteiger partial charge < -0.3 is 16.2 Å². The van der Waals surface area contributed by atoms with E-state index in [4.69, 9.17) is 34.0 Å². The second-order valence-electron chi connectivity index (χ2n) is 3.87. The number of hydrogen-bond acceptors (Lipinski definition) is 5. The molecule has 0 unspecified atom stereocenters. The first-order valence-electron chi connectivity index (χ1n) is 7.51. The number of carbonyl (C=O) groups is 2. The number of rotatable bonds is 3. The number of hydrogen-bond donors (Lipinski definition) is 3. The number of anilines is 1. The van der Waals surface area contributed by atoms with Crippen LogP contribution in [0.1, 0.15) is 48.5 Å². The Morgan fingerprint density at radius 1 is 1.00 bits per heavy atom. The molecular formula is C16H20Cl2N4O3. The number of nitrogens with zero attached hydrogens (tertiary/aromatic N) is 2. The zero-order chi connectivity index (χ0) is 19.6. The quantitative estimate of drug-likeness (QED) is 0.738. The lowest BCUT2D eigenvalue weighted by atomic mass is 10.2. The van der Waals surface area contributed by atoms with E-state index in [-0.39, 0.29) is 33.1 Å². The molecule has 2 amide bonds. The van der Waals surface area contributed by atoms with Crippen molar-refractivity contribution in [2.45, 2.75) is 27.7 Å². The Balaban J connectivity index is 0.00000134. The molecule has 0 saturated heterocycles.